The lowest BCUT2D eigenvalue weighted by Crippen LogP contribution is -1.97. The van der Waals surface area contributed by atoms with Gasteiger partial charge in [-0.1, -0.05) is 6.08 Å². The Labute approximate surface area is 64.4 Å². The van der Waals surface area contributed by atoms with Crippen molar-refractivity contribution in [3.8, 4) is 5.88 Å². The van der Waals surface area contributed by atoms with Gasteiger partial charge < -0.3 is 10.8 Å². The van der Waals surface area contributed by atoms with Crippen molar-refractivity contribution in [2.75, 3.05) is 5.73 Å². The fraction of sp³-hybridized carbons (Fsp3) is 0.143. The molecule has 0 spiro atoms. The van der Waals surface area contributed by atoms with Gasteiger partial charge in [0.1, 0.15) is 0 Å². The van der Waals surface area contributed by atoms with Gasteiger partial charge in [0, 0.05) is 12.5 Å². The first-order valence-electron chi connectivity index (χ1n) is 3.15. The van der Waals surface area contributed by atoms with Crippen LogP contribution >= 0.6 is 0 Å². The van der Waals surface area contributed by atoms with Crippen LogP contribution in [0.3, 0.4) is 0 Å². The van der Waals surface area contributed by atoms with Crippen LogP contribution in [-0.2, 0) is 6.42 Å². The van der Waals surface area contributed by atoms with Crippen LogP contribution in [0.15, 0.2) is 18.7 Å². The summed E-state index contributed by atoms with van der Waals surface area (Å²) in [6, 6.07) is 1.46. The van der Waals surface area contributed by atoms with Crippen molar-refractivity contribution in [3.63, 3.8) is 0 Å². The molecule has 0 saturated heterocycles. The number of aromatic nitrogens is 2. The van der Waals surface area contributed by atoms with Crippen LogP contribution < -0.4 is 5.73 Å². The van der Waals surface area contributed by atoms with E-state index in [2.05, 4.69) is 16.5 Å². The molecule has 4 heteroatoms. The lowest BCUT2D eigenvalue weighted by molar-refractivity contribution is 0.452. The third kappa shape index (κ3) is 1.93. The molecule has 0 amide bonds. The third-order valence-corrected chi connectivity index (χ3v) is 1.14. The molecule has 0 aliphatic rings. The molecule has 0 aliphatic carbocycles. The number of allylic oxidation sites excluding steroid dienone is 1. The van der Waals surface area contributed by atoms with Crippen LogP contribution in [0.5, 0.6) is 5.88 Å². The maximum absolute atomic E-state index is 8.96. The van der Waals surface area contributed by atoms with E-state index in [1.165, 1.54) is 6.07 Å². The molecule has 1 rings (SSSR count). The number of nitrogens with two attached hydrogens (primary N) is 1. The van der Waals surface area contributed by atoms with E-state index >= 15 is 0 Å². The van der Waals surface area contributed by atoms with Crippen molar-refractivity contribution < 1.29 is 5.11 Å². The summed E-state index contributed by atoms with van der Waals surface area (Å²) in [7, 11) is 0. The molecule has 1 aromatic heterocycles. The minimum atomic E-state index is -0.102. The van der Waals surface area contributed by atoms with Gasteiger partial charge in [-0.25, -0.2) is 4.98 Å². The number of rotatable bonds is 2. The van der Waals surface area contributed by atoms with E-state index in [-0.39, 0.29) is 11.8 Å². The zero-order valence-corrected chi connectivity index (χ0v) is 5.99. The van der Waals surface area contributed by atoms with Gasteiger partial charge in [0.15, 0.2) is 0 Å². The van der Waals surface area contributed by atoms with Crippen molar-refractivity contribution in [2.45, 2.75) is 6.42 Å². The van der Waals surface area contributed by atoms with Crippen molar-refractivity contribution in [2.24, 2.45) is 0 Å². The Bertz CT molecular complexity index is 252. The summed E-state index contributed by atoms with van der Waals surface area (Å²) in [6.45, 7) is 3.53. The Balaban J connectivity index is 2.98. The molecule has 0 aliphatic heterocycles. The van der Waals surface area contributed by atoms with Crippen LogP contribution in [0, 0.1) is 0 Å². The van der Waals surface area contributed by atoms with Gasteiger partial charge in [-0.2, -0.15) is 4.98 Å². The molecule has 0 fully saturated rings. The summed E-state index contributed by atoms with van der Waals surface area (Å²) in [5.74, 6) is -0.0174. The number of hydrogen-bond acceptors (Lipinski definition) is 4. The van der Waals surface area contributed by atoms with E-state index in [9.17, 15) is 0 Å². The topological polar surface area (TPSA) is 72.0 Å². The van der Waals surface area contributed by atoms with Crippen LogP contribution in [-0.4, -0.2) is 15.1 Å². The Hall–Kier alpha value is -1.58. The molecule has 0 aromatic carbocycles. The molecule has 0 bridgehead atoms. The van der Waals surface area contributed by atoms with E-state index in [4.69, 9.17) is 10.8 Å². The first-order chi connectivity index (χ1) is 5.22. The smallest absolute Gasteiger partial charge is 0.223 e. The highest BCUT2D eigenvalue weighted by molar-refractivity contribution is 5.25. The van der Waals surface area contributed by atoms with Crippen LogP contribution in [0.2, 0.25) is 0 Å². The van der Waals surface area contributed by atoms with Crippen LogP contribution in [0.4, 0.5) is 5.95 Å². The highest BCUT2D eigenvalue weighted by Crippen LogP contribution is 2.08. The van der Waals surface area contributed by atoms with Gasteiger partial charge in [0.05, 0.1) is 5.69 Å². The van der Waals surface area contributed by atoms with Crippen LogP contribution in [0.1, 0.15) is 5.69 Å². The molecule has 0 radical (unpaired) electrons. The summed E-state index contributed by atoms with van der Waals surface area (Å²) >= 11 is 0. The normalized spacial score (nSPS) is 9.45. The SMILES string of the molecule is C=CCc1cc(O)nc(N)n1. The first-order valence-corrected chi connectivity index (χ1v) is 3.15. The van der Waals surface area contributed by atoms with E-state index in [1.807, 2.05) is 0 Å². The zero-order chi connectivity index (χ0) is 8.27. The standard InChI is InChI=1S/C7H9N3O/c1-2-3-5-4-6(11)10-7(8)9-5/h2,4H,1,3H2,(H3,8,9,10,11). The fourth-order valence-corrected chi connectivity index (χ4v) is 0.756. The van der Waals surface area contributed by atoms with E-state index in [0.29, 0.717) is 12.1 Å². The summed E-state index contributed by atoms with van der Waals surface area (Å²) in [5, 5.41) is 8.96. The monoisotopic (exact) mass is 151 g/mol. The van der Waals surface area contributed by atoms with Gasteiger partial charge >= 0.3 is 0 Å². The number of aromatic hydroxyl groups is 1. The minimum absolute atomic E-state index is 0.0850. The molecular formula is C7H9N3O. The van der Waals surface area contributed by atoms with E-state index in [0.717, 1.165) is 0 Å². The molecule has 3 N–H and O–H groups in total. The van der Waals surface area contributed by atoms with Crippen LogP contribution in [0.25, 0.3) is 0 Å². The van der Waals surface area contributed by atoms with Gasteiger partial charge in [0.2, 0.25) is 11.8 Å². The number of nitrogen functional groups attached to an aromatic ring is 1. The molecule has 11 heavy (non-hydrogen) atoms. The molecule has 4 nitrogen and oxygen atoms in total. The second-order valence-corrected chi connectivity index (χ2v) is 2.07. The van der Waals surface area contributed by atoms with Gasteiger partial charge in [0.25, 0.3) is 0 Å². The second kappa shape index (κ2) is 3.01. The number of hydrogen-bond donors (Lipinski definition) is 2. The van der Waals surface area contributed by atoms with Crippen molar-refractivity contribution >= 4 is 5.95 Å². The van der Waals surface area contributed by atoms with Crippen molar-refractivity contribution in [3.05, 3.63) is 24.4 Å². The predicted octanol–water partition coefficient (Wildman–Crippen LogP) is 0.493. The van der Waals surface area contributed by atoms with Gasteiger partial charge in [-0.3, -0.25) is 0 Å². The number of nitrogens with zero attached hydrogens (tertiary/aromatic N) is 2. The van der Waals surface area contributed by atoms with E-state index < -0.39 is 0 Å². The molecule has 0 unspecified atom stereocenters. The zero-order valence-electron chi connectivity index (χ0n) is 5.99. The molecule has 1 aromatic rings. The lowest BCUT2D eigenvalue weighted by atomic mass is 10.3. The maximum atomic E-state index is 8.96. The second-order valence-electron chi connectivity index (χ2n) is 2.07. The van der Waals surface area contributed by atoms with Gasteiger partial charge in [-0.05, 0) is 0 Å². The molecule has 1 heterocycles. The Kier molecular flexibility index (Phi) is 2.06. The highest BCUT2D eigenvalue weighted by Gasteiger charge is 1.97. The van der Waals surface area contributed by atoms with Crippen molar-refractivity contribution in [1.29, 1.82) is 0 Å². The Morgan fingerprint density at radius 3 is 2.91 bits per heavy atom. The Morgan fingerprint density at radius 2 is 2.36 bits per heavy atom. The van der Waals surface area contributed by atoms with Gasteiger partial charge in [-0.15, -0.1) is 6.58 Å². The van der Waals surface area contributed by atoms with E-state index in [1.54, 1.807) is 6.08 Å². The van der Waals surface area contributed by atoms with Crippen molar-refractivity contribution in [1.82, 2.24) is 9.97 Å². The molecular weight excluding hydrogens is 142 g/mol. The third-order valence-electron chi connectivity index (χ3n) is 1.14. The first kappa shape index (κ1) is 7.53. The largest absolute Gasteiger partial charge is 0.493 e. The average molecular weight is 151 g/mol. The minimum Gasteiger partial charge on any atom is -0.493 e. The molecule has 0 saturated carbocycles. The number of anilines is 1. The fourth-order valence-electron chi connectivity index (χ4n) is 0.756. The lowest BCUT2D eigenvalue weighted by Gasteiger charge is -1.97. The average Bonchev–Trinajstić information content (AvgIpc) is 1.85. The Morgan fingerprint density at radius 1 is 1.64 bits per heavy atom. The maximum Gasteiger partial charge on any atom is 0.223 e. The summed E-state index contributed by atoms with van der Waals surface area (Å²) in [4.78, 5) is 7.36. The summed E-state index contributed by atoms with van der Waals surface area (Å²) in [5.41, 5.74) is 5.94. The highest BCUT2D eigenvalue weighted by atomic mass is 16.3. The quantitative estimate of drug-likeness (QED) is 0.603. The molecule has 0 atom stereocenters. The predicted molar refractivity (Wildman–Crippen MR) is 42.0 cm³/mol. The molecule has 58 valence electrons. The summed E-state index contributed by atoms with van der Waals surface area (Å²) in [6.07, 6.45) is 2.27. The summed E-state index contributed by atoms with van der Waals surface area (Å²) < 4.78 is 0.